The molecule has 1 heterocycles. The van der Waals surface area contributed by atoms with Gasteiger partial charge in [-0.2, -0.15) is 0 Å². The molecule has 100 valence electrons. The maximum Gasteiger partial charge on any atom is 0.310 e. The molecule has 4 heteroatoms. The fourth-order valence-corrected chi connectivity index (χ4v) is 2.59. The van der Waals surface area contributed by atoms with E-state index in [0.717, 1.165) is 6.42 Å². The molecule has 1 fully saturated rings. The Morgan fingerprint density at radius 2 is 2.17 bits per heavy atom. The summed E-state index contributed by atoms with van der Waals surface area (Å²) in [4.78, 5) is 24.0. The fraction of sp³-hybridized carbons (Fsp3) is 0.714. The smallest absolute Gasteiger partial charge is 0.310 e. The molecule has 1 saturated heterocycles. The summed E-state index contributed by atoms with van der Waals surface area (Å²) in [6, 6.07) is 0. The van der Waals surface area contributed by atoms with E-state index in [-0.39, 0.29) is 23.8 Å². The normalized spacial score (nSPS) is 31.5. The van der Waals surface area contributed by atoms with E-state index in [1.54, 1.807) is 0 Å². The van der Waals surface area contributed by atoms with E-state index in [2.05, 4.69) is 0 Å². The Bertz CT molecular complexity index is 378. The van der Waals surface area contributed by atoms with Gasteiger partial charge in [0.25, 0.3) is 0 Å². The van der Waals surface area contributed by atoms with Crippen LogP contribution in [0.2, 0.25) is 0 Å². The van der Waals surface area contributed by atoms with Crippen LogP contribution in [-0.2, 0) is 19.1 Å². The minimum absolute atomic E-state index is 0.123. The topological polar surface area (TPSA) is 52.6 Å². The second kappa shape index (κ2) is 4.75. The van der Waals surface area contributed by atoms with Crippen molar-refractivity contribution in [2.45, 2.75) is 39.2 Å². The van der Waals surface area contributed by atoms with Crippen molar-refractivity contribution >= 4 is 11.9 Å². The molecule has 0 spiro atoms. The van der Waals surface area contributed by atoms with Gasteiger partial charge in [0, 0.05) is 0 Å². The molecule has 18 heavy (non-hydrogen) atoms. The molecule has 0 aromatic heterocycles. The van der Waals surface area contributed by atoms with Gasteiger partial charge in [0.2, 0.25) is 0 Å². The van der Waals surface area contributed by atoms with E-state index in [1.165, 1.54) is 0 Å². The number of carbonyl (C=O) groups excluding carboxylic acids is 2. The third kappa shape index (κ3) is 2.74. The summed E-state index contributed by atoms with van der Waals surface area (Å²) in [6.07, 6.45) is 5.37. The maximum absolute atomic E-state index is 12.2. The summed E-state index contributed by atoms with van der Waals surface area (Å²) in [6.45, 7) is 5.95. The van der Waals surface area contributed by atoms with Crippen LogP contribution in [-0.4, -0.2) is 24.1 Å². The van der Waals surface area contributed by atoms with Gasteiger partial charge in [-0.05, 0) is 39.5 Å². The number of esters is 2. The number of rotatable bonds is 1. The Hall–Kier alpha value is -1.32. The van der Waals surface area contributed by atoms with Crippen molar-refractivity contribution < 1.29 is 19.1 Å². The van der Waals surface area contributed by atoms with Gasteiger partial charge in [-0.3, -0.25) is 9.59 Å². The van der Waals surface area contributed by atoms with Gasteiger partial charge >= 0.3 is 11.9 Å². The van der Waals surface area contributed by atoms with Gasteiger partial charge in [0.1, 0.15) is 5.60 Å². The van der Waals surface area contributed by atoms with Crippen molar-refractivity contribution in [3.63, 3.8) is 0 Å². The van der Waals surface area contributed by atoms with E-state index >= 15 is 0 Å². The summed E-state index contributed by atoms with van der Waals surface area (Å²) in [5, 5.41) is 0. The maximum atomic E-state index is 12.2. The third-order valence-corrected chi connectivity index (χ3v) is 3.35. The Kier molecular flexibility index (Phi) is 3.46. The minimum atomic E-state index is -0.522. The lowest BCUT2D eigenvalue weighted by Crippen LogP contribution is -2.43. The van der Waals surface area contributed by atoms with Gasteiger partial charge in [0.05, 0.1) is 18.4 Å². The van der Waals surface area contributed by atoms with E-state index in [0.29, 0.717) is 13.0 Å². The van der Waals surface area contributed by atoms with Crippen LogP contribution in [0.25, 0.3) is 0 Å². The van der Waals surface area contributed by atoms with Gasteiger partial charge in [-0.1, -0.05) is 12.2 Å². The summed E-state index contributed by atoms with van der Waals surface area (Å²) >= 11 is 0. The average Bonchev–Trinajstić information content (AvgIpc) is 2.26. The number of hydrogen-bond donors (Lipinski definition) is 0. The summed E-state index contributed by atoms with van der Waals surface area (Å²) in [5.41, 5.74) is -0.522. The zero-order chi connectivity index (χ0) is 13.3. The Morgan fingerprint density at radius 3 is 2.83 bits per heavy atom. The lowest BCUT2D eigenvalue weighted by atomic mass is 9.73. The third-order valence-electron chi connectivity index (χ3n) is 3.35. The molecule has 2 rings (SSSR count). The molecule has 2 aliphatic rings. The van der Waals surface area contributed by atoms with Crippen LogP contribution in [0.3, 0.4) is 0 Å². The molecule has 0 N–H and O–H groups in total. The molecule has 0 radical (unpaired) electrons. The molecule has 1 aliphatic carbocycles. The first kappa shape index (κ1) is 13.1. The standard InChI is InChI=1S/C14H20O4/c1-14(2,3)18-12(15)10-6-4-5-9-7-8-17-13(16)11(9)10/h4-5,9-11H,6-8H2,1-3H3/t9-,10+,11+/m1/s1. The quantitative estimate of drug-likeness (QED) is 0.529. The number of carbonyl (C=O) groups is 2. The molecular formula is C14H20O4. The van der Waals surface area contributed by atoms with Crippen molar-refractivity contribution in [3.05, 3.63) is 12.2 Å². The highest BCUT2D eigenvalue weighted by molar-refractivity contribution is 5.83. The number of ether oxygens (including phenoxy) is 2. The SMILES string of the molecule is CC(C)(C)OC(=O)[C@H]1CC=C[C@@H]2CCOC(=O)[C@@H]21. The summed E-state index contributed by atoms with van der Waals surface area (Å²) < 4.78 is 10.5. The van der Waals surface area contributed by atoms with Crippen LogP contribution in [0.4, 0.5) is 0 Å². The highest BCUT2D eigenvalue weighted by atomic mass is 16.6. The first-order valence-electron chi connectivity index (χ1n) is 6.44. The van der Waals surface area contributed by atoms with Crippen molar-refractivity contribution in [1.82, 2.24) is 0 Å². The summed E-state index contributed by atoms with van der Waals surface area (Å²) in [5.74, 6) is -1.18. The number of cyclic esters (lactones) is 1. The first-order valence-corrected chi connectivity index (χ1v) is 6.44. The highest BCUT2D eigenvalue weighted by Gasteiger charge is 2.44. The molecule has 0 bridgehead atoms. The highest BCUT2D eigenvalue weighted by Crippen LogP contribution is 2.37. The number of allylic oxidation sites excluding steroid dienone is 2. The van der Waals surface area contributed by atoms with Gasteiger partial charge in [0.15, 0.2) is 0 Å². The molecule has 0 amide bonds. The number of fused-ring (bicyclic) bond motifs is 1. The Balaban J connectivity index is 2.14. The average molecular weight is 252 g/mol. The molecule has 3 atom stereocenters. The van der Waals surface area contributed by atoms with Crippen molar-refractivity contribution in [1.29, 1.82) is 0 Å². The van der Waals surface area contributed by atoms with E-state index in [9.17, 15) is 9.59 Å². The number of hydrogen-bond acceptors (Lipinski definition) is 4. The first-order chi connectivity index (χ1) is 8.38. The minimum Gasteiger partial charge on any atom is -0.465 e. The van der Waals surface area contributed by atoms with E-state index in [1.807, 2.05) is 32.9 Å². The van der Waals surface area contributed by atoms with Crippen LogP contribution < -0.4 is 0 Å². The second-order valence-electron chi connectivity index (χ2n) is 5.95. The van der Waals surface area contributed by atoms with Crippen molar-refractivity contribution in [2.24, 2.45) is 17.8 Å². The van der Waals surface area contributed by atoms with E-state index < -0.39 is 11.5 Å². The second-order valence-corrected chi connectivity index (χ2v) is 5.95. The molecule has 0 aromatic carbocycles. The van der Waals surface area contributed by atoms with Crippen LogP contribution in [0.15, 0.2) is 12.2 Å². The predicted octanol–water partition coefficient (Wildman–Crippen LogP) is 2.08. The van der Waals surface area contributed by atoms with Gasteiger partial charge < -0.3 is 9.47 Å². The van der Waals surface area contributed by atoms with Crippen LogP contribution >= 0.6 is 0 Å². The van der Waals surface area contributed by atoms with Crippen molar-refractivity contribution in [3.8, 4) is 0 Å². The molecule has 0 aromatic rings. The predicted molar refractivity (Wildman–Crippen MR) is 65.6 cm³/mol. The van der Waals surface area contributed by atoms with Crippen LogP contribution in [0.1, 0.15) is 33.6 Å². The van der Waals surface area contributed by atoms with Crippen molar-refractivity contribution in [2.75, 3.05) is 6.61 Å². The van der Waals surface area contributed by atoms with Gasteiger partial charge in [-0.25, -0.2) is 0 Å². The van der Waals surface area contributed by atoms with Gasteiger partial charge in [-0.15, -0.1) is 0 Å². The molecule has 4 nitrogen and oxygen atoms in total. The largest absolute Gasteiger partial charge is 0.465 e. The monoisotopic (exact) mass is 252 g/mol. The molecule has 0 unspecified atom stereocenters. The zero-order valence-corrected chi connectivity index (χ0v) is 11.1. The molecule has 1 aliphatic heterocycles. The Labute approximate surface area is 107 Å². The molecular weight excluding hydrogens is 232 g/mol. The summed E-state index contributed by atoms with van der Waals surface area (Å²) in [7, 11) is 0. The lowest BCUT2D eigenvalue weighted by Gasteiger charge is -2.36. The van der Waals surface area contributed by atoms with Crippen LogP contribution in [0.5, 0.6) is 0 Å². The lowest BCUT2D eigenvalue weighted by molar-refractivity contribution is -0.173. The molecule has 0 saturated carbocycles. The zero-order valence-electron chi connectivity index (χ0n) is 11.1. The Morgan fingerprint density at radius 1 is 1.44 bits per heavy atom. The fourth-order valence-electron chi connectivity index (χ4n) is 2.59. The van der Waals surface area contributed by atoms with E-state index in [4.69, 9.17) is 9.47 Å². The van der Waals surface area contributed by atoms with Crippen LogP contribution in [0, 0.1) is 17.8 Å².